The second kappa shape index (κ2) is 9.27. The zero-order valence-electron chi connectivity index (χ0n) is 15.5. The van der Waals surface area contributed by atoms with E-state index in [0.29, 0.717) is 6.54 Å². The van der Waals surface area contributed by atoms with Gasteiger partial charge in [0.25, 0.3) is 0 Å². The van der Waals surface area contributed by atoms with Gasteiger partial charge in [0.15, 0.2) is 0 Å². The number of rotatable bonds is 7. The largest absolute Gasteiger partial charge is 0.392 e. The first kappa shape index (κ1) is 19.8. The van der Waals surface area contributed by atoms with Crippen molar-refractivity contribution in [1.82, 2.24) is 15.1 Å². The third kappa shape index (κ3) is 5.49. The van der Waals surface area contributed by atoms with Crippen molar-refractivity contribution >= 4 is 11.8 Å². The molecule has 148 valence electrons. The molecule has 2 saturated heterocycles. The van der Waals surface area contributed by atoms with Gasteiger partial charge in [-0.3, -0.25) is 19.4 Å². The van der Waals surface area contributed by atoms with Crippen molar-refractivity contribution < 1.29 is 19.4 Å². The average Bonchev–Trinajstić information content (AvgIpc) is 3.02. The van der Waals surface area contributed by atoms with Gasteiger partial charge in [-0.25, -0.2) is 0 Å². The fourth-order valence-corrected chi connectivity index (χ4v) is 3.67. The standard InChI is InChI=1S/C19H28N4O4/c20-19(26)17-9-16(24)12-23(17)13-18(25)21-10-14-3-1-2-4-15(14)11-22-5-7-27-8-6-22/h1-4,16-17,24H,5-13H2,(H2,20,26)(H,21,25)/t16-,17+/m1/s1. The number of hydrogen-bond acceptors (Lipinski definition) is 6. The molecule has 0 unspecified atom stereocenters. The summed E-state index contributed by atoms with van der Waals surface area (Å²) in [5.41, 5.74) is 7.62. The SMILES string of the molecule is NC(=O)[C@@H]1C[C@@H](O)CN1CC(=O)NCc1ccccc1CN1CCOCC1. The van der Waals surface area contributed by atoms with Crippen molar-refractivity contribution in [2.75, 3.05) is 39.4 Å². The Kier molecular flexibility index (Phi) is 6.78. The summed E-state index contributed by atoms with van der Waals surface area (Å²) in [4.78, 5) is 27.8. The molecule has 1 aromatic carbocycles. The summed E-state index contributed by atoms with van der Waals surface area (Å²) in [5, 5.41) is 12.7. The lowest BCUT2D eigenvalue weighted by Crippen LogP contribution is -2.45. The smallest absolute Gasteiger partial charge is 0.234 e. The Morgan fingerprint density at radius 2 is 1.93 bits per heavy atom. The van der Waals surface area contributed by atoms with Gasteiger partial charge in [0.05, 0.1) is 31.9 Å². The number of primary amides is 1. The summed E-state index contributed by atoms with van der Waals surface area (Å²) in [7, 11) is 0. The molecule has 0 aliphatic carbocycles. The minimum atomic E-state index is -0.621. The second-order valence-electron chi connectivity index (χ2n) is 7.17. The molecule has 2 atom stereocenters. The van der Waals surface area contributed by atoms with E-state index < -0.39 is 18.1 Å². The Hall–Kier alpha value is -2.00. The van der Waals surface area contributed by atoms with Crippen molar-refractivity contribution in [3.8, 4) is 0 Å². The Bertz CT molecular complexity index is 663. The molecule has 0 saturated carbocycles. The molecule has 2 heterocycles. The number of amides is 2. The lowest BCUT2D eigenvalue weighted by Gasteiger charge is -2.27. The van der Waals surface area contributed by atoms with Crippen LogP contribution in [0.3, 0.4) is 0 Å². The maximum absolute atomic E-state index is 12.3. The minimum Gasteiger partial charge on any atom is -0.392 e. The van der Waals surface area contributed by atoms with Crippen LogP contribution in [-0.4, -0.2) is 78.3 Å². The fourth-order valence-electron chi connectivity index (χ4n) is 3.67. The summed E-state index contributed by atoms with van der Waals surface area (Å²) in [6.07, 6.45) is -0.338. The van der Waals surface area contributed by atoms with Crippen LogP contribution < -0.4 is 11.1 Å². The molecule has 4 N–H and O–H groups in total. The van der Waals surface area contributed by atoms with Crippen molar-refractivity contribution in [3.05, 3.63) is 35.4 Å². The van der Waals surface area contributed by atoms with Crippen molar-refractivity contribution in [2.45, 2.75) is 31.7 Å². The monoisotopic (exact) mass is 376 g/mol. The lowest BCUT2D eigenvalue weighted by molar-refractivity contribution is -0.125. The summed E-state index contributed by atoms with van der Waals surface area (Å²) in [5.74, 6) is -0.688. The van der Waals surface area contributed by atoms with E-state index in [2.05, 4.69) is 16.3 Å². The van der Waals surface area contributed by atoms with E-state index in [4.69, 9.17) is 10.5 Å². The van der Waals surface area contributed by atoms with Crippen LogP contribution in [-0.2, 0) is 27.4 Å². The molecule has 27 heavy (non-hydrogen) atoms. The quantitative estimate of drug-likeness (QED) is 0.567. The van der Waals surface area contributed by atoms with E-state index in [9.17, 15) is 14.7 Å². The van der Waals surface area contributed by atoms with Crippen LogP contribution in [0, 0.1) is 0 Å². The van der Waals surface area contributed by atoms with Crippen LogP contribution in [0.1, 0.15) is 17.5 Å². The highest BCUT2D eigenvalue weighted by atomic mass is 16.5. The number of carbonyl (C=O) groups is 2. The van der Waals surface area contributed by atoms with Crippen molar-refractivity contribution in [2.24, 2.45) is 5.73 Å². The molecule has 2 fully saturated rings. The third-order valence-electron chi connectivity index (χ3n) is 5.15. The number of morpholine rings is 1. The highest BCUT2D eigenvalue weighted by Crippen LogP contribution is 2.17. The minimum absolute atomic E-state index is 0.0519. The third-order valence-corrected chi connectivity index (χ3v) is 5.15. The summed E-state index contributed by atoms with van der Waals surface area (Å²) >= 11 is 0. The maximum atomic E-state index is 12.3. The molecule has 8 heteroatoms. The first-order chi connectivity index (χ1) is 13.0. The average molecular weight is 376 g/mol. The number of β-amino-alcohol motifs (C(OH)–C–C–N with tert-alkyl or cyclic N) is 1. The van der Waals surface area contributed by atoms with Gasteiger partial charge in [0.2, 0.25) is 11.8 Å². The Morgan fingerprint density at radius 3 is 2.63 bits per heavy atom. The van der Waals surface area contributed by atoms with Crippen LogP contribution >= 0.6 is 0 Å². The molecule has 0 spiro atoms. The molecule has 0 bridgehead atoms. The van der Waals surface area contributed by atoms with E-state index in [1.807, 2.05) is 18.2 Å². The van der Waals surface area contributed by atoms with Gasteiger partial charge in [0.1, 0.15) is 0 Å². The van der Waals surface area contributed by atoms with Gasteiger partial charge in [-0.1, -0.05) is 24.3 Å². The van der Waals surface area contributed by atoms with Crippen LogP contribution in [0.4, 0.5) is 0 Å². The van der Waals surface area contributed by atoms with E-state index in [1.54, 1.807) is 4.90 Å². The molecule has 1 aromatic rings. The Morgan fingerprint density at radius 1 is 1.22 bits per heavy atom. The van der Waals surface area contributed by atoms with Crippen LogP contribution in [0.25, 0.3) is 0 Å². The summed E-state index contributed by atoms with van der Waals surface area (Å²) in [6.45, 7) is 4.92. The van der Waals surface area contributed by atoms with Crippen molar-refractivity contribution in [1.29, 1.82) is 0 Å². The van der Waals surface area contributed by atoms with Crippen molar-refractivity contribution in [3.63, 3.8) is 0 Å². The normalized spacial score (nSPS) is 24.0. The zero-order chi connectivity index (χ0) is 19.2. The number of ether oxygens (including phenoxy) is 1. The van der Waals surface area contributed by atoms with Crippen LogP contribution in [0.2, 0.25) is 0 Å². The molecule has 0 radical (unpaired) electrons. The molecule has 2 aliphatic rings. The predicted molar refractivity (Wildman–Crippen MR) is 99.6 cm³/mol. The number of aliphatic hydroxyl groups excluding tert-OH is 1. The predicted octanol–water partition coefficient (Wildman–Crippen LogP) is -0.944. The number of hydrogen-bond donors (Lipinski definition) is 3. The first-order valence-electron chi connectivity index (χ1n) is 9.38. The van der Waals surface area contributed by atoms with E-state index in [1.165, 1.54) is 5.56 Å². The summed E-state index contributed by atoms with van der Waals surface area (Å²) in [6, 6.07) is 7.48. The van der Waals surface area contributed by atoms with Gasteiger partial charge in [-0.2, -0.15) is 0 Å². The first-order valence-corrected chi connectivity index (χ1v) is 9.38. The molecule has 3 rings (SSSR count). The van der Waals surface area contributed by atoms with E-state index in [-0.39, 0.29) is 25.4 Å². The van der Waals surface area contributed by atoms with Crippen LogP contribution in [0.15, 0.2) is 24.3 Å². The Labute approximate surface area is 159 Å². The fraction of sp³-hybridized carbons (Fsp3) is 0.579. The molecule has 0 aromatic heterocycles. The highest BCUT2D eigenvalue weighted by Gasteiger charge is 2.35. The van der Waals surface area contributed by atoms with Gasteiger partial charge in [0, 0.05) is 32.7 Å². The molecular formula is C19H28N4O4. The van der Waals surface area contributed by atoms with Gasteiger partial charge >= 0.3 is 0 Å². The number of carbonyl (C=O) groups excluding carboxylic acids is 2. The van der Waals surface area contributed by atoms with E-state index >= 15 is 0 Å². The zero-order valence-corrected chi connectivity index (χ0v) is 15.5. The number of nitrogens with zero attached hydrogens (tertiary/aromatic N) is 2. The topological polar surface area (TPSA) is 108 Å². The molecular weight excluding hydrogens is 348 g/mol. The molecule has 8 nitrogen and oxygen atoms in total. The van der Waals surface area contributed by atoms with Gasteiger partial charge in [-0.05, 0) is 17.5 Å². The molecule has 2 aliphatic heterocycles. The second-order valence-corrected chi connectivity index (χ2v) is 7.17. The Balaban J connectivity index is 1.53. The highest BCUT2D eigenvalue weighted by molar-refractivity contribution is 5.82. The lowest BCUT2D eigenvalue weighted by atomic mass is 10.1. The number of nitrogens with one attached hydrogen (secondary N) is 1. The summed E-state index contributed by atoms with van der Waals surface area (Å²) < 4.78 is 5.39. The maximum Gasteiger partial charge on any atom is 0.234 e. The molecule has 2 amide bonds. The van der Waals surface area contributed by atoms with Crippen LogP contribution in [0.5, 0.6) is 0 Å². The number of likely N-dealkylation sites (tertiary alicyclic amines) is 1. The number of benzene rings is 1. The van der Waals surface area contributed by atoms with Gasteiger partial charge in [-0.15, -0.1) is 0 Å². The van der Waals surface area contributed by atoms with Gasteiger partial charge < -0.3 is 20.9 Å². The number of aliphatic hydroxyl groups is 1. The van der Waals surface area contributed by atoms with E-state index in [0.717, 1.165) is 38.4 Å². The number of nitrogens with two attached hydrogens (primary N) is 1.